The molecule has 0 aliphatic carbocycles. The summed E-state index contributed by atoms with van der Waals surface area (Å²) in [6.45, 7) is 5.11. The van der Waals surface area contributed by atoms with Crippen LogP contribution in [0.25, 0.3) is 0 Å². The first-order chi connectivity index (χ1) is 8.60. The number of hydrogen-bond acceptors (Lipinski definition) is 3. The van der Waals surface area contributed by atoms with Crippen LogP contribution in [-0.2, 0) is 4.74 Å². The number of carbonyl (C=O) groups excluding carboxylic acids is 1. The van der Waals surface area contributed by atoms with Crippen LogP contribution in [0.1, 0.15) is 31.1 Å². The number of amides is 1. The number of carbonyl (C=O) groups is 2. The molecule has 1 rings (SSSR count). The normalized spacial score (nSPS) is 11.0. The predicted octanol–water partition coefficient (Wildman–Crippen LogP) is 4.04. The van der Waals surface area contributed by atoms with Crippen molar-refractivity contribution >= 4 is 41.0 Å². The van der Waals surface area contributed by atoms with Crippen LogP contribution in [0.5, 0.6) is 0 Å². The van der Waals surface area contributed by atoms with Crippen LogP contribution in [0.15, 0.2) is 12.1 Å². The lowest BCUT2D eigenvalue weighted by atomic mass is 10.2. The monoisotopic (exact) mass is 305 g/mol. The maximum absolute atomic E-state index is 11.6. The third-order valence-corrected chi connectivity index (χ3v) is 2.71. The molecular weight excluding hydrogens is 293 g/mol. The lowest BCUT2D eigenvalue weighted by Gasteiger charge is -2.20. The summed E-state index contributed by atoms with van der Waals surface area (Å²) >= 11 is 11.7. The summed E-state index contributed by atoms with van der Waals surface area (Å²) in [5.74, 6) is -1.18. The van der Waals surface area contributed by atoms with E-state index in [1.807, 2.05) is 0 Å². The average molecular weight is 306 g/mol. The molecule has 2 N–H and O–H groups in total. The van der Waals surface area contributed by atoms with Gasteiger partial charge in [-0.15, -0.1) is 0 Å². The maximum atomic E-state index is 11.6. The molecular formula is C12H13Cl2NO4. The van der Waals surface area contributed by atoms with Crippen LogP contribution in [0, 0.1) is 0 Å². The van der Waals surface area contributed by atoms with Gasteiger partial charge in [0.25, 0.3) is 0 Å². The highest BCUT2D eigenvalue weighted by atomic mass is 35.5. The molecule has 0 aliphatic rings. The highest BCUT2D eigenvalue weighted by molar-refractivity contribution is 6.44. The van der Waals surface area contributed by atoms with E-state index in [4.69, 9.17) is 33.0 Å². The molecule has 104 valence electrons. The Morgan fingerprint density at radius 2 is 1.84 bits per heavy atom. The number of carboxylic acid groups (broad SMARTS) is 1. The van der Waals surface area contributed by atoms with Gasteiger partial charge in [-0.25, -0.2) is 9.59 Å². The van der Waals surface area contributed by atoms with Crippen molar-refractivity contribution in [2.45, 2.75) is 26.4 Å². The smallest absolute Gasteiger partial charge is 0.412 e. The number of carboxylic acids is 1. The van der Waals surface area contributed by atoms with Gasteiger partial charge in [0.2, 0.25) is 0 Å². The second-order valence-electron chi connectivity index (χ2n) is 4.75. The lowest BCUT2D eigenvalue weighted by molar-refractivity contribution is 0.0633. The molecule has 0 bridgehead atoms. The highest BCUT2D eigenvalue weighted by Gasteiger charge is 2.19. The van der Waals surface area contributed by atoms with Crippen molar-refractivity contribution in [3.8, 4) is 0 Å². The number of rotatable bonds is 2. The molecule has 5 nitrogen and oxygen atoms in total. The van der Waals surface area contributed by atoms with Crippen molar-refractivity contribution in [2.24, 2.45) is 0 Å². The molecule has 0 aliphatic heterocycles. The first kappa shape index (κ1) is 15.6. The van der Waals surface area contributed by atoms with Gasteiger partial charge in [0.15, 0.2) is 0 Å². The summed E-state index contributed by atoms with van der Waals surface area (Å²) < 4.78 is 5.04. The second-order valence-corrected chi connectivity index (χ2v) is 5.54. The Hall–Kier alpha value is -1.46. The fourth-order valence-corrected chi connectivity index (χ4v) is 1.59. The minimum Gasteiger partial charge on any atom is -0.478 e. The first-order valence-corrected chi connectivity index (χ1v) is 6.08. The van der Waals surface area contributed by atoms with E-state index in [0.717, 1.165) is 0 Å². The topological polar surface area (TPSA) is 75.6 Å². The van der Waals surface area contributed by atoms with Crippen LogP contribution < -0.4 is 5.32 Å². The minimum absolute atomic E-state index is 0.0348. The molecule has 7 heteroatoms. The zero-order chi connectivity index (χ0) is 14.8. The van der Waals surface area contributed by atoms with Gasteiger partial charge in [-0.2, -0.15) is 0 Å². The lowest BCUT2D eigenvalue weighted by Crippen LogP contribution is -2.27. The average Bonchev–Trinajstić information content (AvgIpc) is 2.21. The van der Waals surface area contributed by atoms with Gasteiger partial charge in [-0.3, -0.25) is 5.32 Å². The zero-order valence-electron chi connectivity index (χ0n) is 10.6. The predicted molar refractivity (Wildman–Crippen MR) is 73.3 cm³/mol. The van der Waals surface area contributed by atoms with E-state index < -0.39 is 17.7 Å². The minimum atomic E-state index is -1.18. The van der Waals surface area contributed by atoms with Crippen molar-refractivity contribution < 1.29 is 19.4 Å². The largest absolute Gasteiger partial charge is 0.478 e. The number of ether oxygens (including phenoxy) is 1. The summed E-state index contributed by atoms with van der Waals surface area (Å²) in [5.41, 5.74) is -0.675. The molecule has 0 heterocycles. The van der Waals surface area contributed by atoms with Crippen LogP contribution in [0.2, 0.25) is 10.0 Å². The molecule has 0 fully saturated rings. The standard InChI is InChI=1S/C12H13Cl2NO4/c1-12(2,3)19-11(18)15-8-5-6(10(16)17)4-7(13)9(8)14/h4-5H,1-3H3,(H,15,18)(H,16,17). The summed E-state index contributed by atoms with van der Waals surface area (Å²) in [5, 5.41) is 11.3. The van der Waals surface area contributed by atoms with Crippen LogP contribution in [0.4, 0.5) is 10.5 Å². The molecule has 0 saturated carbocycles. The van der Waals surface area contributed by atoms with Gasteiger partial charge in [0, 0.05) is 0 Å². The molecule has 19 heavy (non-hydrogen) atoms. The highest BCUT2D eigenvalue weighted by Crippen LogP contribution is 2.32. The van der Waals surface area contributed by atoms with E-state index in [9.17, 15) is 9.59 Å². The van der Waals surface area contributed by atoms with Gasteiger partial charge in [0.05, 0.1) is 21.3 Å². The number of nitrogens with one attached hydrogen (secondary N) is 1. The van der Waals surface area contributed by atoms with Crippen molar-refractivity contribution in [2.75, 3.05) is 5.32 Å². The number of aromatic carboxylic acids is 1. The van der Waals surface area contributed by atoms with E-state index >= 15 is 0 Å². The van der Waals surface area contributed by atoms with Crippen molar-refractivity contribution in [3.63, 3.8) is 0 Å². The van der Waals surface area contributed by atoms with Crippen molar-refractivity contribution in [3.05, 3.63) is 27.7 Å². The fourth-order valence-electron chi connectivity index (χ4n) is 1.22. The van der Waals surface area contributed by atoms with Gasteiger partial charge in [-0.1, -0.05) is 23.2 Å². The number of hydrogen-bond donors (Lipinski definition) is 2. The SMILES string of the molecule is CC(C)(C)OC(=O)Nc1cc(C(=O)O)cc(Cl)c1Cl. The molecule has 0 atom stereocenters. The molecule has 0 saturated heterocycles. The van der Waals surface area contributed by atoms with Gasteiger partial charge < -0.3 is 9.84 Å². The Morgan fingerprint density at radius 1 is 1.26 bits per heavy atom. The third kappa shape index (κ3) is 4.61. The molecule has 0 radical (unpaired) electrons. The Bertz CT molecular complexity index is 523. The summed E-state index contributed by atoms with van der Waals surface area (Å²) in [6, 6.07) is 2.41. The summed E-state index contributed by atoms with van der Waals surface area (Å²) in [6.07, 6.45) is -0.743. The summed E-state index contributed by atoms with van der Waals surface area (Å²) in [7, 11) is 0. The molecule has 1 amide bonds. The maximum Gasteiger partial charge on any atom is 0.412 e. The van der Waals surface area contributed by atoms with Crippen molar-refractivity contribution in [1.29, 1.82) is 0 Å². The van der Waals surface area contributed by atoms with Gasteiger partial charge >= 0.3 is 12.1 Å². The summed E-state index contributed by atoms with van der Waals surface area (Å²) in [4.78, 5) is 22.5. The van der Waals surface area contributed by atoms with Crippen LogP contribution in [-0.4, -0.2) is 22.8 Å². The Balaban J connectivity index is 3.01. The first-order valence-electron chi connectivity index (χ1n) is 5.32. The van der Waals surface area contributed by atoms with Crippen LogP contribution in [0.3, 0.4) is 0 Å². The van der Waals surface area contributed by atoms with E-state index in [0.29, 0.717) is 0 Å². The quantitative estimate of drug-likeness (QED) is 0.864. The number of anilines is 1. The molecule has 0 unspecified atom stereocenters. The Morgan fingerprint density at radius 3 is 2.32 bits per heavy atom. The molecule has 0 spiro atoms. The number of benzene rings is 1. The Kier molecular flexibility index (Phi) is 4.66. The molecule has 0 aromatic heterocycles. The van der Waals surface area contributed by atoms with Crippen molar-refractivity contribution in [1.82, 2.24) is 0 Å². The zero-order valence-corrected chi connectivity index (χ0v) is 12.1. The van der Waals surface area contributed by atoms with Gasteiger partial charge in [-0.05, 0) is 32.9 Å². The van der Waals surface area contributed by atoms with E-state index in [-0.39, 0.29) is 21.3 Å². The van der Waals surface area contributed by atoms with E-state index in [2.05, 4.69) is 5.32 Å². The van der Waals surface area contributed by atoms with E-state index in [1.54, 1.807) is 20.8 Å². The fraction of sp³-hybridized carbons (Fsp3) is 0.333. The van der Waals surface area contributed by atoms with E-state index in [1.165, 1.54) is 12.1 Å². The molecule has 1 aromatic carbocycles. The molecule has 1 aromatic rings. The Labute approximate surface area is 120 Å². The van der Waals surface area contributed by atoms with Crippen LogP contribution >= 0.6 is 23.2 Å². The third-order valence-electron chi connectivity index (χ3n) is 1.91. The second kappa shape index (κ2) is 5.67. The van der Waals surface area contributed by atoms with Gasteiger partial charge in [0.1, 0.15) is 5.60 Å². The number of halogens is 2.